The van der Waals surface area contributed by atoms with E-state index in [1.165, 1.54) is 49.6 Å². The number of hydrogen-bond donors (Lipinski definition) is 1. The largest absolute Gasteiger partial charge is 0.489 e. The van der Waals surface area contributed by atoms with Gasteiger partial charge in [-0.1, -0.05) is 43.1 Å². The van der Waals surface area contributed by atoms with Gasteiger partial charge in [0.05, 0.1) is 19.9 Å². The summed E-state index contributed by atoms with van der Waals surface area (Å²) in [6.45, 7) is 1.10. The molecule has 0 bridgehead atoms. The number of benzene rings is 2. The Labute approximate surface area is 203 Å². The fraction of sp³-hybridized carbons (Fsp3) is 0.208. The van der Waals surface area contributed by atoms with E-state index in [1.807, 2.05) is 0 Å². The minimum atomic E-state index is -2.15. The van der Waals surface area contributed by atoms with Gasteiger partial charge in [-0.05, 0) is 42.3 Å². The number of nitrogens with two attached hydrogens (primary N) is 1. The fourth-order valence-corrected chi connectivity index (χ4v) is 3.43. The fourth-order valence-electron chi connectivity index (χ4n) is 2.96. The summed E-state index contributed by atoms with van der Waals surface area (Å²) in [5.74, 6) is -3.04. The van der Waals surface area contributed by atoms with Crippen molar-refractivity contribution in [2.24, 2.45) is 11.7 Å². The second kappa shape index (κ2) is 10.2. The number of primary amides is 1. The summed E-state index contributed by atoms with van der Waals surface area (Å²) in [5.41, 5.74) is 5.98. The maximum Gasteiger partial charge on any atom is 0.263 e. The van der Waals surface area contributed by atoms with Gasteiger partial charge in [-0.2, -0.15) is 0 Å². The molecule has 3 rings (SSSR count). The van der Waals surface area contributed by atoms with Gasteiger partial charge in [0, 0.05) is 35.0 Å². The Bertz CT molecular complexity index is 1280. The monoisotopic (exact) mass is 491 g/mol. The third-order valence-electron chi connectivity index (χ3n) is 4.60. The zero-order chi connectivity index (χ0) is 26.1. The first kappa shape index (κ1) is 21.7. The van der Waals surface area contributed by atoms with Gasteiger partial charge in [-0.25, -0.2) is 9.37 Å². The highest BCUT2D eigenvalue weighted by molar-refractivity contribution is 6.34. The van der Waals surface area contributed by atoms with E-state index >= 15 is 0 Å². The molecule has 33 heavy (non-hydrogen) atoms. The van der Waals surface area contributed by atoms with E-state index in [2.05, 4.69) is 4.98 Å². The summed E-state index contributed by atoms with van der Waals surface area (Å²) in [5, 5.41) is 0.193. The normalized spacial score (nSPS) is 12.2. The van der Waals surface area contributed by atoms with Crippen LogP contribution in [0.25, 0.3) is 11.1 Å². The zero-order valence-electron chi connectivity index (χ0n) is 20.0. The molecule has 9 heteroatoms. The Morgan fingerprint density at radius 3 is 2.58 bits per heavy atom. The van der Waals surface area contributed by atoms with Crippen LogP contribution in [0.4, 0.5) is 10.2 Å². The van der Waals surface area contributed by atoms with Crippen molar-refractivity contribution < 1.29 is 21.5 Å². The first-order chi connectivity index (χ1) is 16.3. The van der Waals surface area contributed by atoms with Crippen LogP contribution < -0.4 is 15.4 Å². The SMILES string of the molecule is [2H]C([2H])(Oc1cc(-c2cc(C(N)=O)ccc2Cl)cnc1N(C)C(=O)c1c(F)cccc1Cl)C(C)C. The average Bonchev–Trinajstić information content (AvgIpc) is 2.78. The number of hydrogen-bond acceptors (Lipinski definition) is 4. The molecule has 0 fully saturated rings. The van der Waals surface area contributed by atoms with Crippen molar-refractivity contribution in [2.75, 3.05) is 18.5 Å². The zero-order valence-corrected chi connectivity index (χ0v) is 19.5. The molecule has 0 aliphatic carbocycles. The van der Waals surface area contributed by atoms with Gasteiger partial charge in [0.2, 0.25) is 5.91 Å². The molecule has 3 aromatic rings. The number of ether oxygens (including phenoxy) is 1. The lowest BCUT2D eigenvalue weighted by Gasteiger charge is -2.22. The van der Waals surface area contributed by atoms with Crippen LogP contribution in [0.15, 0.2) is 48.7 Å². The molecule has 2 N–H and O–H groups in total. The number of amides is 2. The number of carbonyl (C=O) groups is 2. The van der Waals surface area contributed by atoms with E-state index in [0.717, 1.165) is 11.0 Å². The Balaban J connectivity index is 2.16. The molecular weight excluding hydrogens is 468 g/mol. The molecule has 172 valence electrons. The molecule has 0 unspecified atom stereocenters. The van der Waals surface area contributed by atoms with Crippen LogP contribution in [0.2, 0.25) is 10.0 Å². The maximum absolute atomic E-state index is 14.4. The van der Waals surface area contributed by atoms with Crippen LogP contribution in [-0.4, -0.2) is 30.4 Å². The van der Waals surface area contributed by atoms with Gasteiger partial charge in [0.25, 0.3) is 5.91 Å². The lowest BCUT2D eigenvalue weighted by atomic mass is 10.0. The summed E-state index contributed by atoms with van der Waals surface area (Å²) < 4.78 is 36.5. The quantitative estimate of drug-likeness (QED) is 0.465. The molecule has 6 nitrogen and oxygen atoms in total. The summed E-state index contributed by atoms with van der Waals surface area (Å²) in [4.78, 5) is 30.1. The predicted molar refractivity (Wildman–Crippen MR) is 128 cm³/mol. The number of pyridine rings is 1. The number of anilines is 1. The van der Waals surface area contributed by atoms with Crippen LogP contribution >= 0.6 is 23.2 Å². The van der Waals surface area contributed by atoms with Crippen molar-refractivity contribution in [3.8, 4) is 16.9 Å². The molecule has 0 aliphatic rings. The summed E-state index contributed by atoms with van der Waals surface area (Å²) in [7, 11) is 1.34. The number of rotatable bonds is 7. The van der Waals surface area contributed by atoms with Crippen LogP contribution in [0.1, 0.15) is 37.3 Å². The second-order valence-corrected chi connectivity index (χ2v) is 8.25. The molecule has 0 radical (unpaired) electrons. The van der Waals surface area contributed by atoms with Gasteiger partial charge in [-0.15, -0.1) is 0 Å². The number of halogens is 3. The van der Waals surface area contributed by atoms with E-state index in [0.29, 0.717) is 11.1 Å². The molecular formula is C24H22Cl2FN3O3. The molecule has 1 heterocycles. The van der Waals surface area contributed by atoms with Crippen LogP contribution in [0.5, 0.6) is 5.75 Å². The lowest BCUT2D eigenvalue weighted by Crippen LogP contribution is -2.29. The Hall–Kier alpha value is -3.16. The number of nitrogens with zero attached hydrogens (tertiary/aromatic N) is 2. The van der Waals surface area contributed by atoms with E-state index in [1.54, 1.807) is 13.8 Å². The predicted octanol–water partition coefficient (Wildman–Crippen LogP) is 5.60. The highest BCUT2D eigenvalue weighted by Gasteiger charge is 2.24. The van der Waals surface area contributed by atoms with Gasteiger partial charge in [0.1, 0.15) is 5.82 Å². The minimum Gasteiger partial charge on any atom is -0.489 e. The molecule has 0 spiro atoms. The van der Waals surface area contributed by atoms with E-state index in [-0.39, 0.29) is 32.7 Å². The maximum atomic E-state index is 14.4. The third kappa shape index (κ3) is 5.43. The van der Waals surface area contributed by atoms with Crippen molar-refractivity contribution in [3.05, 3.63) is 75.7 Å². The molecule has 0 saturated heterocycles. The average molecular weight is 492 g/mol. The topological polar surface area (TPSA) is 85.5 Å². The first-order valence-corrected chi connectivity index (χ1v) is 10.6. The molecule has 2 amide bonds. The van der Waals surface area contributed by atoms with Gasteiger partial charge in [-0.3, -0.25) is 14.5 Å². The van der Waals surface area contributed by atoms with Gasteiger partial charge in [0.15, 0.2) is 11.6 Å². The highest BCUT2D eigenvalue weighted by atomic mass is 35.5. The summed E-state index contributed by atoms with van der Waals surface area (Å²) >= 11 is 12.4. The molecule has 2 aromatic carbocycles. The summed E-state index contributed by atoms with van der Waals surface area (Å²) in [6.07, 6.45) is 1.37. The van der Waals surface area contributed by atoms with E-state index in [9.17, 15) is 14.0 Å². The van der Waals surface area contributed by atoms with E-state index in [4.69, 9.17) is 36.4 Å². The van der Waals surface area contributed by atoms with Crippen molar-refractivity contribution in [3.63, 3.8) is 0 Å². The summed E-state index contributed by atoms with van der Waals surface area (Å²) in [6, 6.07) is 9.72. The molecule has 1 aromatic heterocycles. The van der Waals surface area contributed by atoms with Gasteiger partial charge >= 0.3 is 0 Å². The smallest absolute Gasteiger partial charge is 0.263 e. The lowest BCUT2D eigenvalue weighted by molar-refractivity contribution is 0.0983. The van der Waals surface area contributed by atoms with Gasteiger partial charge < -0.3 is 10.5 Å². The first-order valence-electron chi connectivity index (χ1n) is 10.8. The molecule has 0 aliphatic heterocycles. The molecule has 0 saturated carbocycles. The molecule has 0 atom stereocenters. The van der Waals surface area contributed by atoms with Crippen molar-refractivity contribution in [1.29, 1.82) is 0 Å². The second-order valence-electron chi connectivity index (χ2n) is 7.44. The van der Waals surface area contributed by atoms with Crippen LogP contribution in [-0.2, 0) is 0 Å². The van der Waals surface area contributed by atoms with E-state index < -0.39 is 30.1 Å². The van der Waals surface area contributed by atoms with Crippen molar-refractivity contribution in [1.82, 2.24) is 4.98 Å². The number of aromatic nitrogens is 1. The third-order valence-corrected chi connectivity index (χ3v) is 5.24. The van der Waals surface area contributed by atoms with Crippen molar-refractivity contribution >= 4 is 40.8 Å². The Morgan fingerprint density at radius 2 is 1.94 bits per heavy atom. The van der Waals surface area contributed by atoms with Crippen molar-refractivity contribution in [2.45, 2.75) is 13.8 Å². The Morgan fingerprint density at radius 1 is 1.21 bits per heavy atom. The van der Waals surface area contributed by atoms with Crippen LogP contribution in [0.3, 0.4) is 0 Å². The highest BCUT2D eigenvalue weighted by Crippen LogP contribution is 2.35. The minimum absolute atomic E-state index is 0.0789. The standard InChI is InChI=1S/C24H22Cl2FN3O3/c1-13(2)12-33-20-10-15(16-9-14(22(28)31)7-8-17(16)25)11-29-23(20)30(3)24(32)21-18(26)5-4-6-19(21)27/h4-11,13H,12H2,1-3H3,(H2,28,31)/i12D2. The Kier molecular flexibility index (Phi) is 6.69. The van der Waals surface area contributed by atoms with Crippen LogP contribution in [0, 0.1) is 11.7 Å². The number of carbonyl (C=O) groups excluding carboxylic acids is 2.